The van der Waals surface area contributed by atoms with Crippen molar-refractivity contribution in [1.82, 2.24) is 10.3 Å². The number of nitrogens with one attached hydrogen (secondary N) is 1. The summed E-state index contributed by atoms with van der Waals surface area (Å²) in [6.45, 7) is 7.61. The van der Waals surface area contributed by atoms with Crippen molar-refractivity contribution in [3.05, 3.63) is 65.0 Å². The second-order valence-corrected chi connectivity index (χ2v) is 5.54. The molecule has 112 valence electrons. The molecule has 0 fully saturated rings. The van der Waals surface area contributed by atoms with Crippen LogP contribution in [-0.2, 0) is 12.8 Å². The molecule has 0 aliphatic rings. The van der Waals surface area contributed by atoms with Gasteiger partial charge in [0.1, 0.15) is 0 Å². The van der Waals surface area contributed by atoms with Gasteiger partial charge >= 0.3 is 0 Å². The van der Waals surface area contributed by atoms with E-state index in [9.17, 15) is 0 Å². The number of hydrogen-bond acceptors (Lipinski definition) is 2. The summed E-state index contributed by atoms with van der Waals surface area (Å²) in [7, 11) is 0. The SMILES string of the molecule is CCCNC(Cc1ccccc1C)c1ncccc1CC. The van der Waals surface area contributed by atoms with E-state index in [1.807, 2.05) is 12.3 Å². The lowest BCUT2D eigenvalue weighted by Crippen LogP contribution is -2.26. The molecule has 21 heavy (non-hydrogen) atoms. The van der Waals surface area contributed by atoms with E-state index in [0.717, 1.165) is 25.8 Å². The predicted octanol–water partition coefficient (Wildman–Crippen LogP) is 4.24. The lowest BCUT2D eigenvalue weighted by molar-refractivity contribution is 0.513. The Bertz CT molecular complexity index is 563. The molecular weight excluding hydrogens is 256 g/mol. The van der Waals surface area contributed by atoms with Crippen LogP contribution in [0.15, 0.2) is 42.6 Å². The average molecular weight is 282 g/mol. The summed E-state index contributed by atoms with van der Waals surface area (Å²) in [5, 5.41) is 3.67. The summed E-state index contributed by atoms with van der Waals surface area (Å²) in [5.74, 6) is 0. The number of rotatable bonds is 7. The van der Waals surface area contributed by atoms with Gasteiger partial charge in [0.25, 0.3) is 0 Å². The molecule has 0 aliphatic heterocycles. The zero-order valence-electron chi connectivity index (χ0n) is 13.4. The van der Waals surface area contributed by atoms with Gasteiger partial charge in [-0.1, -0.05) is 44.2 Å². The molecular formula is C19H26N2. The highest BCUT2D eigenvalue weighted by Crippen LogP contribution is 2.22. The van der Waals surface area contributed by atoms with Crippen LogP contribution < -0.4 is 5.32 Å². The highest BCUT2D eigenvalue weighted by molar-refractivity contribution is 5.30. The molecule has 0 radical (unpaired) electrons. The lowest BCUT2D eigenvalue weighted by atomic mass is 9.96. The van der Waals surface area contributed by atoms with Crippen LogP contribution in [0.1, 0.15) is 48.7 Å². The van der Waals surface area contributed by atoms with Crippen molar-refractivity contribution in [2.24, 2.45) is 0 Å². The lowest BCUT2D eigenvalue weighted by Gasteiger charge is -2.21. The zero-order valence-corrected chi connectivity index (χ0v) is 13.4. The van der Waals surface area contributed by atoms with Crippen molar-refractivity contribution in [1.29, 1.82) is 0 Å². The molecule has 1 heterocycles. The van der Waals surface area contributed by atoms with Crippen molar-refractivity contribution in [3.63, 3.8) is 0 Å². The van der Waals surface area contributed by atoms with Crippen molar-refractivity contribution in [2.75, 3.05) is 6.54 Å². The van der Waals surface area contributed by atoms with Crippen molar-refractivity contribution in [2.45, 2.75) is 46.1 Å². The van der Waals surface area contributed by atoms with Gasteiger partial charge in [0.2, 0.25) is 0 Å². The quantitative estimate of drug-likeness (QED) is 0.821. The molecule has 0 amide bonds. The Morgan fingerprint density at radius 3 is 2.52 bits per heavy atom. The molecule has 0 bridgehead atoms. The van der Waals surface area contributed by atoms with Crippen LogP contribution in [0.3, 0.4) is 0 Å². The molecule has 0 saturated heterocycles. The van der Waals surface area contributed by atoms with Crippen LogP contribution in [-0.4, -0.2) is 11.5 Å². The van der Waals surface area contributed by atoms with Gasteiger partial charge < -0.3 is 5.32 Å². The second-order valence-electron chi connectivity index (χ2n) is 5.54. The fraction of sp³-hybridized carbons (Fsp3) is 0.421. The molecule has 0 aliphatic carbocycles. The predicted molar refractivity (Wildman–Crippen MR) is 89.5 cm³/mol. The van der Waals surface area contributed by atoms with E-state index in [1.165, 1.54) is 22.4 Å². The van der Waals surface area contributed by atoms with Crippen molar-refractivity contribution < 1.29 is 0 Å². The fourth-order valence-electron chi connectivity index (χ4n) is 2.71. The van der Waals surface area contributed by atoms with Crippen LogP contribution in [0.2, 0.25) is 0 Å². The summed E-state index contributed by atoms with van der Waals surface area (Å²) >= 11 is 0. The molecule has 1 aromatic heterocycles. The van der Waals surface area contributed by atoms with Crippen molar-refractivity contribution in [3.8, 4) is 0 Å². The van der Waals surface area contributed by atoms with Crippen molar-refractivity contribution >= 4 is 0 Å². The van der Waals surface area contributed by atoms with Crippen LogP contribution in [0.25, 0.3) is 0 Å². The Hall–Kier alpha value is -1.67. The summed E-state index contributed by atoms with van der Waals surface area (Å²) in [6, 6.07) is 13.2. The third kappa shape index (κ3) is 4.15. The van der Waals surface area contributed by atoms with E-state index in [-0.39, 0.29) is 0 Å². The molecule has 0 spiro atoms. The minimum absolute atomic E-state index is 0.294. The molecule has 1 N–H and O–H groups in total. The summed E-state index contributed by atoms with van der Waals surface area (Å²) < 4.78 is 0. The van der Waals surface area contributed by atoms with E-state index < -0.39 is 0 Å². The first-order valence-electron chi connectivity index (χ1n) is 7.97. The maximum atomic E-state index is 4.67. The number of nitrogens with zero attached hydrogens (tertiary/aromatic N) is 1. The summed E-state index contributed by atoms with van der Waals surface area (Å²) in [4.78, 5) is 4.67. The van der Waals surface area contributed by atoms with E-state index in [2.05, 4.69) is 61.4 Å². The molecule has 1 aromatic carbocycles. The molecule has 2 rings (SSSR count). The standard InChI is InChI=1S/C19H26N2/c1-4-12-20-18(14-17-10-7-6-9-15(17)3)19-16(5-2)11-8-13-21-19/h6-11,13,18,20H,4-5,12,14H2,1-3H3. The van der Waals surface area contributed by atoms with E-state index >= 15 is 0 Å². The van der Waals surface area contributed by atoms with E-state index in [4.69, 9.17) is 0 Å². The van der Waals surface area contributed by atoms with Gasteiger partial charge in [0.05, 0.1) is 11.7 Å². The average Bonchev–Trinajstić information content (AvgIpc) is 2.53. The zero-order chi connectivity index (χ0) is 15.1. The van der Waals surface area contributed by atoms with E-state index in [1.54, 1.807) is 0 Å². The number of aryl methyl sites for hydroxylation is 2. The van der Waals surface area contributed by atoms with Crippen LogP contribution in [0, 0.1) is 6.92 Å². The Balaban J connectivity index is 2.28. The highest BCUT2D eigenvalue weighted by Gasteiger charge is 2.16. The van der Waals surface area contributed by atoms with Gasteiger partial charge in [-0.3, -0.25) is 4.98 Å². The first-order chi connectivity index (χ1) is 10.3. The first kappa shape index (κ1) is 15.7. The van der Waals surface area contributed by atoms with Gasteiger partial charge in [-0.25, -0.2) is 0 Å². The highest BCUT2D eigenvalue weighted by atomic mass is 14.9. The van der Waals surface area contributed by atoms with Gasteiger partial charge in [-0.05, 0) is 55.5 Å². The van der Waals surface area contributed by atoms with E-state index in [0.29, 0.717) is 6.04 Å². The minimum atomic E-state index is 0.294. The normalized spacial score (nSPS) is 12.3. The largest absolute Gasteiger partial charge is 0.308 e. The Morgan fingerprint density at radius 2 is 1.81 bits per heavy atom. The van der Waals surface area contributed by atoms with Gasteiger partial charge in [0, 0.05) is 6.20 Å². The molecule has 1 unspecified atom stereocenters. The van der Waals surface area contributed by atoms with Gasteiger partial charge in [-0.15, -0.1) is 0 Å². The fourth-order valence-corrected chi connectivity index (χ4v) is 2.71. The Kier molecular flexibility index (Phi) is 5.94. The van der Waals surface area contributed by atoms with Crippen LogP contribution in [0.4, 0.5) is 0 Å². The Labute approximate surface area is 128 Å². The number of pyridine rings is 1. The van der Waals surface area contributed by atoms with Crippen LogP contribution >= 0.6 is 0 Å². The smallest absolute Gasteiger partial charge is 0.0608 e. The maximum absolute atomic E-state index is 4.67. The molecule has 0 saturated carbocycles. The Morgan fingerprint density at radius 1 is 1.05 bits per heavy atom. The number of aromatic nitrogens is 1. The third-order valence-corrected chi connectivity index (χ3v) is 3.96. The minimum Gasteiger partial charge on any atom is -0.308 e. The third-order valence-electron chi connectivity index (χ3n) is 3.96. The molecule has 1 atom stereocenters. The maximum Gasteiger partial charge on any atom is 0.0608 e. The molecule has 2 heteroatoms. The number of hydrogen-bond donors (Lipinski definition) is 1. The topological polar surface area (TPSA) is 24.9 Å². The van der Waals surface area contributed by atoms with Gasteiger partial charge in [0.15, 0.2) is 0 Å². The van der Waals surface area contributed by atoms with Gasteiger partial charge in [-0.2, -0.15) is 0 Å². The monoisotopic (exact) mass is 282 g/mol. The number of benzene rings is 1. The summed E-state index contributed by atoms with van der Waals surface area (Å²) in [5.41, 5.74) is 5.31. The second kappa shape index (κ2) is 7.94. The molecule has 2 aromatic rings. The summed E-state index contributed by atoms with van der Waals surface area (Å²) in [6.07, 6.45) is 5.07. The molecule has 2 nitrogen and oxygen atoms in total. The van der Waals surface area contributed by atoms with Crippen LogP contribution in [0.5, 0.6) is 0 Å². The first-order valence-corrected chi connectivity index (χ1v) is 7.97.